The van der Waals surface area contributed by atoms with Crippen LogP contribution in [0.15, 0.2) is 36.4 Å². The van der Waals surface area contributed by atoms with Crippen molar-refractivity contribution in [3.05, 3.63) is 46.2 Å². The van der Waals surface area contributed by atoms with Crippen molar-refractivity contribution in [2.75, 3.05) is 12.4 Å². The average molecular weight is 375 g/mol. The Hall–Kier alpha value is -2.67. The minimum absolute atomic E-state index is 0.0585. The van der Waals surface area contributed by atoms with Crippen molar-refractivity contribution >= 4 is 34.7 Å². The number of benzene rings is 1. The first-order valence-corrected chi connectivity index (χ1v) is 8.94. The van der Waals surface area contributed by atoms with E-state index in [-0.39, 0.29) is 18.6 Å². The first-order valence-electron chi connectivity index (χ1n) is 8.13. The van der Waals surface area contributed by atoms with Crippen LogP contribution in [0.3, 0.4) is 0 Å². The zero-order valence-electron chi connectivity index (χ0n) is 14.9. The lowest BCUT2D eigenvalue weighted by Crippen LogP contribution is -2.30. The second-order valence-corrected chi connectivity index (χ2v) is 6.97. The van der Waals surface area contributed by atoms with Gasteiger partial charge in [0.2, 0.25) is 0 Å². The van der Waals surface area contributed by atoms with E-state index in [1.54, 1.807) is 30.3 Å². The molecule has 1 heterocycles. The van der Waals surface area contributed by atoms with Crippen molar-refractivity contribution in [3.8, 4) is 5.75 Å². The van der Waals surface area contributed by atoms with Crippen LogP contribution >= 0.6 is 11.3 Å². The van der Waals surface area contributed by atoms with Crippen molar-refractivity contribution in [3.63, 3.8) is 0 Å². The third-order valence-corrected chi connectivity index (χ3v) is 4.63. The maximum Gasteiger partial charge on any atom is 0.307 e. The fourth-order valence-electron chi connectivity index (χ4n) is 2.18. The normalized spacial score (nSPS) is 11.5. The molecule has 6 nitrogen and oxygen atoms in total. The number of nitrogens with one attached hydrogen (secondary N) is 1. The number of carbonyl (C=O) groups is 3. The summed E-state index contributed by atoms with van der Waals surface area (Å²) in [7, 11) is 1.53. The summed E-state index contributed by atoms with van der Waals surface area (Å²) < 4.78 is 10.2. The van der Waals surface area contributed by atoms with Gasteiger partial charge >= 0.3 is 5.97 Å². The van der Waals surface area contributed by atoms with Gasteiger partial charge in [-0.25, -0.2) is 0 Å². The summed E-state index contributed by atoms with van der Waals surface area (Å²) in [5, 5.41) is 2.65. The molecule has 1 amide bonds. The molecule has 26 heavy (non-hydrogen) atoms. The molecule has 1 aromatic carbocycles. The van der Waals surface area contributed by atoms with E-state index >= 15 is 0 Å². The summed E-state index contributed by atoms with van der Waals surface area (Å²) >= 11 is 1.39. The lowest BCUT2D eigenvalue weighted by molar-refractivity contribution is -0.153. The van der Waals surface area contributed by atoms with E-state index in [9.17, 15) is 14.4 Å². The van der Waals surface area contributed by atoms with Gasteiger partial charge in [0.1, 0.15) is 5.75 Å². The molecule has 138 valence electrons. The van der Waals surface area contributed by atoms with E-state index in [1.165, 1.54) is 25.4 Å². The Morgan fingerprint density at radius 2 is 1.92 bits per heavy atom. The molecule has 1 atom stereocenters. The highest BCUT2D eigenvalue weighted by Gasteiger charge is 2.19. The topological polar surface area (TPSA) is 81.7 Å². The SMILES string of the molecule is COc1cccc(NC(=O)[C@H](C)OC(=O)CCC(=O)c2ccc(C)s2)c1. The van der Waals surface area contributed by atoms with Crippen molar-refractivity contribution < 1.29 is 23.9 Å². The van der Waals surface area contributed by atoms with Crippen LogP contribution < -0.4 is 10.1 Å². The molecule has 0 fully saturated rings. The van der Waals surface area contributed by atoms with Crippen LogP contribution in [0.2, 0.25) is 0 Å². The number of carbonyl (C=O) groups excluding carboxylic acids is 3. The Morgan fingerprint density at radius 3 is 2.58 bits per heavy atom. The molecule has 1 N–H and O–H groups in total. The Morgan fingerprint density at radius 1 is 1.15 bits per heavy atom. The maximum absolute atomic E-state index is 12.1. The molecule has 0 unspecified atom stereocenters. The summed E-state index contributed by atoms with van der Waals surface area (Å²) in [4.78, 5) is 37.7. The van der Waals surface area contributed by atoms with Gasteiger partial charge in [0.05, 0.1) is 18.4 Å². The number of ketones is 1. The van der Waals surface area contributed by atoms with Gasteiger partial charge in [-0.05, 0) is 38.1 Å². The number of methoxy groups -OCH3 is 1. The molecule has 1 aromatic heterocycles. The van der Waals surface area contributed by atoms with Gasteiger partial charge in [-0.1, -0.05) is 6.07 Å². The Labute approximate surface area is 156 Å². The van der Waals surface area contributed by atoms with E-state index in [2.05, 4.69) is 5.32 Å². The second-order valence-electron chi connectivity index (χ2n) is 5.69. The van der Waals surface area contributed by atoms with E-state index < -0.39 is 18.0 Å². The molecule has 0 bridgehead atoms. The van der Waals surface area contributed by atoms with Gasteiger partial charge in [-0.15, -0.1) is 11.3 Å². The molecule has 2 aromatic rings. The standard InChI is InChI=1S/C19H21NO5S/c1-12-7-9-17(26-12)16(21)8-10-18(22)25-13(2)19(23)20-14-5-4-6-15(11-14)24-3/h4-7,9,11,13H,8,10H2,1-3H3,(H,20,23)/t13-/m0/s1. The van der Waals surface area contributed by atoms with Crippen LogP contribution in [-0.2, 0) is 14.3 Å². The van der Waals surface area contributed by atoms with Gasteiger partial charge < -0.3 is 14.8 Å². The van der Waals surface area contributed by atoms with E-state index in [1.807, 2.05) is 13.0 Å². The Balaban J connectivity index is 1.80. The van der Waals surface area contributed by atoms with Crippen molar-refractivity contribution in [2.45, 2.75) is 32.8 Å². The Kier molecular flexibility index (Phi) is 6.91. The lowest BCUT2D eigenvalue weighted by Gasteiger charge is -2.13. The summed E-state index contributed by atoms with van der Waals surface area (Å²) in [5.74, 6) is -0.532. The predicted molar refractivity (Wildman–Crippen MR) is 99.8 cm³/mol. The number of rotatable bonds is 8. The summed E-state index contributed by atoms with van der Waals surface area (Å²) in [5.41, 5.74) is 0.542. The minimum Gasteiger partial charge on any atom is -0.497 e. The molecule has 0 radical (unpaired) electrons. The number of ether oxygens (including phenoxy) is 2. The number of Topliss-reactive ketones (excluding diaryl/α,β-unsaturated/α-hetero) is 1. The molecule has 2 rings (SSSR count). The summed E-state index contributed by atoms with van der Waals surface area (Å²) in [6.07, 6.45) is -0.969. The van der Waals surface area contributed by atoms with Crippen molar-refractivity contribution in [2.24, 2.45) is 0 Å². The van der Waals surface area contributed by atoms with E-state index in [0.29, 0.717) is 16.3 Å². The van der Waals surface area contributed by atoms with Crippen LogP contribution in [0.25, 0.3) is 0 Å². The van der Waals surface area contributed by atoms with Crippen LogP contribution in [-0.4, -0.2) is 30.9 Å². The molecular formula is C19H21NO5S. The first-order chi connectivity index (χ1) is 12.4. The molecule has 7 heteroatoms. The fourth-order valence-corrected chi connectivity index (χ4v) is 3.01. The highest BCUT2D eigenvalue weighted by atomic mass is 32.1. The number of aryl methyl sites for hydroxylation is 1. The maximum atomic E-state index is 12.1. The highest BCUT2D eigenvalue weighted by Crippen LogP contribution is 2.18. The molecule has 0 aliphatic heterocycles. The highest BCUT2D eigenvalue weighted by molar-refractivity contribution is 7.14. The predicted octanol–water partition coefficient (Wildman–Crippen LogP) is 3.60. The first kappa shape index (κ1) is 19.7. The number of hydrogen-bond donors (Lipinski definition) is 1. The van der Waals surface area contributed by atoms with Crippen molar-refractivity contribution in [1.82, 2.24) is 0 Å². The van der Waals surface area contributed by atoms with Crippen LogP contribution in [0.4, 0.5) is 5.69 Å². The monoisotopic (exact) mass is 375 g/mol. The molecule has 0 saturated heterocycles. The third kappa shape index (κ3) is 5.70. The van der Waals surface area contributed by atoms with Gasteiger partial charge in [-0.3, -0.25) is 14.4 Å². The van der Waals surface area contributed by atoms with Gasteiger partial charge in [0.15, 0.2) is 11.9 Å². The van der Waals surface area contributed by atoms with Crippen LogP contribution in [0.1, 0.15) is 34.3 Å². The fraction of sp³-hybridized carbons (Fsp3) is 0.316. The molecule has 0 aliphatic rings. The smallest absolute Gasteiger partial charge is 0.307 e. The zero-order chi connectivity index (χ0) is 19.1. The number of hydrogen-bond acceptors (Lipinski definition) is 6. The average Bonchev–Trinajstić information content (AvgIpc) is 3.06. The quantitative estimate of drug-likeness (QED) is 0.563. The number of amides is 1. The largest absolute Gasteiger partial charge is 0.497 e. The molecular weight excluding hydrogens is 354 g/mol. The lowest BCUT2D eigenvalue weighted by atomic mass is 10.2. The van der Waals surface area contributed by atoms with Crippen molar-refractivity contribution in [1.29, 1.82) is 0 Å². The zero-order valence-corrected chi connectivity index (χ0v) is 15.7. The second kappa shape index (κ2) is 9.15. The molecule has 0 spiro atoms. The van der Waals surface area contributed by atoms with E-state index in [0.717, 1.165) is 4.88 Å². The number of esters is 1. The minimum atomic E-state index is -0.965. The van der Waals surface area contributed by atoms with Gasteiger partial charge in [0.25, 0.3) is 5.91 Å². The van der Waals surface area contributed by atoms with Gasteiger partial charge in [0, 0.05) is 23.1 Å². The third-order valence-electron chi connectivity index (χ3n) is 3.59. The Bertz CT molecular complexity index is 799. The summed E-state index contributed by atoms with van der Waals surface area (Å²) in [6.45, 7) is 3.40. The summed E-state index contributed by atoms with van der Waals surface area (Å²) in [6, 6.07) is 10.5. The van der Waals surface area contributed by atoms with Crippen LogP contribution in [0, 0.1) is 6.92 Å². The van der Waals surface area contributed by atoms with Gasteiger partial charge in [-0.2, -0.15) is 0 Å². The number of thiophene rings is 1. The van der Waals surface area contributed by atoms with E-state index in [4.69, 9.17) is 9.47 Å². The molecule has 0 aliphatic carbocycles. The number of anilines is 1. The van der Waals surface area contributed by atoms with Crippen LogP contribution in [0.5, 0.6) is 5.75 Å². The molecule has 0 saturated carbocycles.